The van der Waals surface area contributed by atoms with Gasteiger partial charge >= 0.3 is 0 Å². The van der Waals surface area contributed by atoms with Crippen molar-refractivity contribution >= 4 is 17.3 Å². The molecule has 1 aromatic rings. The van der Waals surface area contributed by atoms with Gasteiger partial charge in [0.05, 0.1) is 0 Å². The Morgan fingerprint density at radius 1 is 1.15 bits per heavy atom. The summed E-state index contributed by atoms with van der Waals surface area (Å²) in [4.78, 5) is 13.5. The fourth-order valence-electron chi connectivity index (χ4n) is 2.32. The Morgan fingerprint density at radius 2 is 1.85 bits per heavy atom. The second-order valence-corrected chi connectivity index (χ2v) is 6.30. The summed E-state index contributed by atoms with van der Waals surface area (Å²) in [5.41, 5.74) is 2.25. The van der Waals surface area contributed by atoms with E-state index >= 15 is 0 Å². The molecule has 1 fully saturated rings. The van der Waals surface area contributed by atoms with Crippen molar-refractivity contribution in [2.75, 3.05) is 29.9 Å². The van der Waals surface area contributed by atoms with Gasteiger partial charge in [-0.3, -0.25) is 4.79 Å². The lowest BCUT2D eigenvalue weighted by atomic mass is 10.1. The van der Waals surface area contributed by atoms with Crippen molar-refractivity contribution < 1.29 is 4.79 Å². The summed E-state index contributed by atoms with van der Waals surface area (Å²) in [6.45, 7) is 9.15. The van der Waals surface area contributed by atoms with E-state index in [9.17, 15) is 4.79 Å². The summed E-state index contributed by atoms with van der Waals surface area (Å²) in [7, 11) is 0. The Morgan fingerprint density at radius 3 is 2.40 bits per heavy atom. The van der Waals surface area contributed by atoms with Crippen molar-refractivity contribution in [1.29, 1.82) is 0 Å². The van der Waals surface area contributed by atoms with Crippen LogP contribution in [0.1, 0.15) is 33.6 Å². The molecule has 110 valence electrons. The van der Waals surface area contributed by atoms with Gasteiger partial charge in [-0.15, -0.1) is 0 Å². The number of rotatable bonds is 5. The lowest BCUT2D eigenvalue weighted by molar-refractivity contribution is -0.117. The zero-order valence-electron chi connectivity index (χ0n) is 12.7. The van der Waals surface area contributed by atoms with Crippen LogP contribution in [0, 0.1) is 0 Å². The van der Waals surface area contributed by atoms with Gasteiger partial charge in [0.1, 0.15) is 0 Å². The van der Waals surface area contributed by atoms with Crippen LogP contribution in [-0.4, -0.2) is 31.1 Å². The number of hydrogen-bond acceptors (Lipinski definition) is 3. The Labute approximate surface area is 121 Å². The van der Waals surface area contributed by atoms with E-state index in [4.69, 9.17) is 0 Å². The molecule has 1 amide bonds. The third-order valence-electron chi connectivity index (χ3n) is 3.36. The molecule has 0 unspecified atom stereocenters. The summed E-state index contributed by atoms with van der Waals surface area (Å²) in [5.74, 6) is 0.236. The van der Waals surface area contributed by atoms with Crippen LogP contribution in [0.4, 0.5) is 11.4 Å². The topological polar surface area (TPSA) is 44.4 Å². The van der Waals surface area contributed by atoms with Gasteiger partial charge in [0, 0.05) is 43.0 Å². The summed E-state index contributed by atoms with van der Waals surface area (Å²) in [5, 5.41) is 6.82. The van der Waals surface area contributed by atoms with E-state index in [0.717, 1.165) is 37.4 Å². The van der Waals surface area contributed by atoms with E-state index in [2.05, 4.69) is 31.4 Å². The number of carbonyl (C=O) groups excluding carboxylic acids is 1. The predicted octanol–water partition coefficient (Wildman–Crippen LogP) is 2.61. The standard InChI is InChI=1S/C16H25N3O/c1-16(2,3)18-11-10-17-13-6-8-14(9-7-13)19-12-4-5-15(19)20/h6-9,17-18H,4-5,10-12H2,1-3H3. The largest absolute Gasteiger partial charge is 0.384 e. The fourth-order valence-corrected chi connectivity index (χ4v) is 2.32. The average molecular weight is 275 g/mol. The maximum atomic E-state index is 11.7. The molecule has 1 saturated heterocycles. The van der Waals surface area contributed by atoms with E-state index in [0.29, 0.717) is 6.42 Å². The normalized spacial score (nSPS) is 15.8. The highest BCUT2D eigenvalue weighted by atomic mass is 16.2. The molecule has 4 nitrogen and oxygen atoms in total. The van der Waals surface area contributed by atoms with Gasteiger partial charge in [0.25, 0.3) is 0 Å². The SMILES string of the molecule is CC(C)(C)NCCNc1ccc(N2CCCC2=O)cc1. The highest BCUT2D eigenvalue weighted by molar-refractivity contribution is 5.95. The summed E-state index contributed by atoms with van der Waals surface area (Å²) in [6.07, 6.45) is 1.65. The van der Waals surface area contributed by atoms with Crippen LogP contribution in [0.25, 0.3) is 0 Å². The first-order chi connectivity index (χ1) is 9.46. The average Bonchev–Trinajstić information content (AvgIpc) is 2.81. The molecule has 4 heteroatoms. The van der Waals surface area contributed by atoms with Crippen molar-refractivity contribution in [2.45, 2.75) is 39.2 Å². The monoisotopic (exact) mass is 275 g/mol. The third-order valence-corrected chi connectivity index (χ3v) is 3.36. The molecule has 0 radical (unpaired) electrons. The molecule has 1 aliphatic rings. The number of nitrogens with zero attached hydrogens (tertiary/aromatic N) is 1. The van der Waals surface area contributed by atoms with Gasteiger partial charge in [-0.25, -0.2) is 0 Å². The van der Waals surface area contributed by atoms with Crippen LogP contribution >= 0.6 is 0 Å². The quantitative estimate of drug-likeness (QED) is 0.812. The lowest BCUT2D eigenvalue weighted by Gasteiger charge is -2.21. The Kier molecular flexibility index (Phi) is 4.65. The minimum absolute atomic E-state index is 0.154. The Balaban J connectivity index is 1.81. The summed E-state index contributed by atoms with van der Waals surface area (Å²) >= 11 is 0. The minimum atomic E-state index is 0.154. The molecular weight excluding hydrogens is 250 g/mol. The van der Waals surface area contributed by atoms with Crippen LogP contribution in [0.2, 0.25) is 0 Å². The second-order valence-electron chi connectivity index (χ2n) is 6.30. The summed E-state index contributed by atoms with van der Waals surface area (Å²) in [6, 6.07) is 8.11. The van der Waals surface area contributed by atoms with Crippen LogP contribution in [0.3, 0.4) is 0 Å². The number of amides is 1. The van der Waals surface area contributed by atoms with Gasteiger partial charge in [-0.2, -0.15) is 0 Å². The zero-order chi connectivity index (χ0) is 14.6. The Bertz CT molecular complexity index is 448. The molecule has 1 aromatic carbocycles. The van der Waals surface area contributed by atoms with Crippen LogP contribution in [-0.2, 0) is 4.79 Å². The van der Waals surface area contributed by atoms with E-state index < -0.39 is 0 Å². The second kappa shape index (κ2) is 6.27. The van der Waals surface area contributed by atoms with Crippen LogP contribution in [0.5, 0.6) is 0 Å². The van der Waals surface area contributed by atoms with Gasteiger partial charge in [-0.1, -0.05) is 0 Å². The molecule has 0 aliphatic carbocycles. The molecule has 0 bridgehead atoms. The van der Waals surface area contributed by atoms with E-state index in [1.165, 1.54) is 0 Å². The number of hydrogen-bond donors (Lipinski definition) is 2. The molecule has 2 N–H and O–H groups in total. The zero-order valence-corrected chi connectivity index (χ0v) is 12.7. The molecule has 0 saturated carbocycles. The minimum Gasteiger partial charge on any atom is -0.384 e. The highest BCUT2D eigenvalue weighted by Gasteiger charge is 2.21. The summed E-state index contributed by atoms with van der Waals surface area (Å²) < 4.78 is 0. The molecule has 0 aromatic heterocycles. The van der Waals surface area contributed by atoms with Crippen molar-refractivity contribution in [1.82, 2.24) is 5.32 Å². The van der Waals surface area contributed by atoms with Gasteiger partial charge < -0.3 is 15.5 Å². The van der Waals surface area contributed by atoms with Gasteiger partial charge in [0.15, 0.2) is 0 Å². The molecule has 2 rings (SSSR count). The van der Waals surface area contributed by atoms with Crippen molar-refractivity contribution in [3.05, 3.63) is 24.3 Å². The third kappa shape index (κ3) is 4.23. The van der Waals surface area contributed by atoms with Gasteiger partial charge in [-0.05, 0) is 51.5 Å². The first kappa shape index (κ1) is 14.9. The molecule has 1 heterocycles. The highest BCUT2D eigenvalue weighted by Crippen LogP contribution is 2.22. The van der Waals surface area contributed by atoms with E-state index in [-0.39, 0.29) is 11.4 Å². The maximum Gasteiger partial charge on any atom is 0.227 e. The van der Waals surface area contributed by atoms with E-state index in [1.54, 1.807) is 0 Å². The molecule has 0 spiro atoms. The molecule has 20 heavy (non-hydrogen) atoms. The van der Waals surface area contributed by atoms with Crippen LogP contribution < -0.4 is 15.5 Å². The number of carbonyl (C=O) groups is 1. The van der Waals surface area contributed by atoms with E-state index in [1.807, 2.05) is 29.2 Å². The Hall–Kier alpha value is -1.55. The van der Waals surface area contributed by atoms with Crippen molar-refractivity contribution in [3.8, 4) is 0 Å². The lowest BCUT2D eigenvalue weighted by Crippen LogP contribution is -2.38. The smallest absolute Gasteiger partial charge is 0.227 e. The van der Waals surface area contributed by atoms with Crippen LogP contribution in [0.15, 0.2) is 24.3 Å². The molecule has 1 aliphatic heterocycles. The fraction of sp³-hybridized carbons (Fsp3) is 0.562. The number of anilines is 2. The van der Waals surface area contributed by atoms with Crippen molar-refractivity contribution in [2.24, 2.45) is 0 Å². The van der Waals surface area contributed by atoms with Gasteiger partial charge in [0.2, 0.25) is 5.91 Å². The predicted molar refractivity (Wildman–Crippen MR) is 84.3 cm³/mol. The van der Waals surface area contributed by atoms with Crippen molar-refractivity contribution in [3.63, 3.8) is 0 Å². The first-order valence-electron chi connectivity index (χ1n) is 7.35. The molecular formula is C16H25N3O. The molecule has 0 atom stereocenters. The number of nitrogens with one attached hydrogen (secondary N) is 2. The maximum absolute atomic E-state index is 11.7. The number of benzene rings is 1. The first-order valence-corrected chi connectivity index (χ1v) is 7.35.